The van der Waals surface area contributed by atoms with Crippen LogP contribution in [-0.2, 0) is 0 Å². The van der Waals surface area contributed by atoms with Gasteiger partial charge in [0.05, 0.1) is 5.56 Å². The van der Waals surface area contributed by atoms with Gasteiger partial charge in [-0.3, -0.25) is 4.79 Å². The monoisotopic (exact) mass is 240 g/mol. The van der Waals surface area contributed by atoms with Crippen LogP contribution in [0.15, 0.2) is 51.9 Å². The van der Waals surface area contributed by atoms with E-state index in [4.69, 9.17) is 4.42 Å². The van der Waals surface area contributed by atoms with Crippen LogP contribution in [0.4, 0.5) is 0 Å². The van der Waals surface area contributed by atoms with Crippen molar-refractivity contribution in [1.82, 2.24) is 20.6 Å². The fourth-order valence-electron chi connectivity index (χ4n) is 1.63. The summed E-state index contributed by atoms with van der Waals surface area (Å²) in [5.41, 5.74) is 1.18. The third-order valence-corrected chi connectivity index (χ3v) is 2.49. The van der Waals surface area contributed by atoms with Gasteiger partial charge >= 0.3 is 0 Å². The molecular formula is C12H8N4O2. The van der Waals surface area contributed by atoms with Crippen LogP contribution in [0.2, 0.25) is 0 Å². The van der Waals surface area contributed by atoms with Gasteiger partial charge in [-0.15, -0.1) is 5.10 Å². The van der Waals surface area contributed by atoms with Gasteiger partial charge < -0.3 is 4.42 Å². The molecule has 0 unspecified atom stereocenters. The molecule has 6 nitrogen and oxygen atoms in total. The first-order valence-corrected chi connectivity index (χ1v) is 5.27. The normalized spacial score (nSPS) is 10.4. The number of benzene rings is 1. The van der Waals surface area contributed by atoms with Gasteiger partial charge in [0.1, 0.15) is 6.26 Å². The van der Waals surface area contributed by atoms with Crippen molar-refractivity contribution in [1.29, 1.82) is 0 Å². The standard InChI is InChI=1S/C12H8N4O2/c17-10-6-11(12-13-15-16-14-12)18-7-9(10)8-4-2-1-3-5-8/h1-7H,(H,13,14,15,16). The van der Waals surface area contributed by atoms with Gasteiger partial charge in [0.2, 0.25) is 5.82 Å². The Bertz CT molecular complexity index is 704. The molecule has 0 aliphatic carbocycles. The van der Waals surface area contributed by atoms with Crippen molar-refractivity contribution < 1.29 is 4.42 Å². The molecule has 3 rings (SSSR count). The molecule has 0 bridgehead atoms. The van der Waals surface area contributed by atoms with Crippen molar-refractivity contribution in [3.8, 4) is 22.7 Å². The van der Waals surface area contributed by atoms with E-state index in [2.05, 4.69) is 20.6 Å². The van der Waals surface area contributed by atoms with E-state index < -0.39 is 0 Å². The number of hydrogen-bond acceptors (Lipinski definition) is 5. The van der Waals surface area contributed by atoms with E-state index in [-0.39, 0.29) is 5.43 Å². The zero-order chi connectivity index (χ0) is 12.4. The summed E-state index contributed by atoms with van der Waals surface area (Å²) in [4.78, 5) is 12.0. The van der Waals surface area contributed by atoms with E-state index in [1.54, 1.807) is 0 Å². The Hall–Kier alpha value is -2.76. The molecule has 0 aliphatic heterocycles. The lowest BCUT2D eigenvalue weighted by Gasteiger charge is -2.00. The summed E-state index contributed by atoms with van der Waals surface area (Å²) in [6.07, 6.45) is 1.41. The minimum atomic E-state index is -0.140. The van der Waals surface area contributed by atoms with Gasteiger partial charge in [-0.25, -0.2) is 5.10 Å². The van der Waals surface area contributed by atoms with Crippen LogP contribution in [0.5, 0.6) is 0 Å². The maximum absolute atomic E-state index is 12.0. The molecule has 0 spiro atoms. The van der Waals surface area contributed by atoms with E-state index in [9.17, 15) is 4.79 Å². The van der Waals surface area contributed by atoms with Crippen molar-refractivity contribution >= 4 is 0 Å². The van der Waals surface area contributed by atoms with Gasteiger partial charge in [-0.05, 0) is 16.0 Å². The lowest BCUT2D eigenvalue weighted by Crippen LogP contribution is -2.03. The number of nitrogens with one attached hydrogen (secondary N) is 1. The maximum Gasteiger partial charge on any atom is 0.215 e. The molecule has 18 heavy (non-hydrogen) atoms. The molecule has 0 amide bonds. The second-order valence-electron chi connectivity index (χ2n) is 3.64. The minimum Gasteiger partial charge on any atom is -0.460 e. The second kappa shape index (κ2) is 4.25. The molecule has 0 atom stereocenters. The largest absolute Gasteiger partial charge is 0.460 e. The highest BCUT2D eigenvalue weighted by atomic mass is 16.3. The van der Waals surface area contributed by atoms with Crippen LogP contribution < -0.4 is 5.43 Å². The van der Waals surface area contributed by atoms with Crippen LogP contribution in [0.1, 0.15) is 0 Å². The average molecular weight is 240 g/mol. The predicted molar refractivity (Wildman–Crippen MR) is 63.6 cm³/mol. The number of hydrogen-bond donors (Lipinski definition) is 1. The molecule has 0 saturated heterocycles. The number of tetrazole rings is 1. The Balaban J connectivity index is 2.08. The topological polar surface area (TPSA) is 84.7 Å². The van der Waals surface area contributed by atoms with Crippen molar-refractivity contribution in [3.05, 3.63) is 52.9 Å². The number of aromatic nitrogens is 4. The molecule has 88 valence electrons. The van der Waals surface area contributed by atoms with E-state index in [1.807, 2.05) is 30.3 Å². The summed E-state index contributed by atoms with van der Waals surface area (Å²) in [5, 5.41) is 13.1. The first-order chi connectivity index (χ1) is 8.84. The number of H-pyrrole nitrogens is 1. The van der Waals surface area contributed by atoms with Gasteiger partial charge in [0, 0.05) is 6.07 Å². The average Bonchev–Trinajstić information content (AvgIpc) is 2.93. The van der Waals surface area contributed by atoms with E-state index in [0.29, 0.717) is 17.1 Å². The van der Waals surface area contributed by atoms with Crippen molar-refractivity contribution in [2.75, 3.05) is 0 Å². The van der Waals surface area contributed by atoms with Crippen LogP contribution >= 0.6 is 0 Å². The summed E-state index contributed by atoms with van der Waals surface area (Å²) >= 11 is 0. The number of nitrogens with zero attached hydrogens (tertiary/aromatic N) is 3. The molecule has 1 aromatic carbocycles. The summed E-state index contributed by atoms with van der Waals surface area (Å²) in [6, 6.07) is 10.7. The van der Waals surface area contributed by atoms with Crippen molar-refractivity contribution in [3.63, 3.8) is 0 Å². The van der Waals surface area contributed by atoms with Crippen LogP contribution in [0, 0.1) is 0 Å². The second-order valence-corrected chi connectivity index (χ2v) is 3.64. The van der Waals surface area contributed by atoms with E-state index in [1.165, 1.54) is 12.3 Å². The SMILES string of the molecule is O=c1cc(-c2nnn[nH]2)occ1-c1ccccc1. The Morgan fingerprint density at radius 2 is 2.00 bits per heavy atom. The molecule has 6 heteroatoms. The van der Waals surface area contributed by atoms with Gasteiger partial charge in [-0.1, -0.05) is 30.3 Å². The number of aromatic amines is 1. The fourth-order valence-corrected chi connectivity index (χ4v) is 1.63. The van der Waals surface area contributed by atoms with E-state index in [0.717, 1.165) is 5.56 Å². The highest BCUT2D eigenvalue weighted by Gasteiger charge is 2.09. The molecule has 1 N–H and O–H groups in total. The molecule has 2 heterocycles. The highest BCUT2D eigenvalue weighted by Crippen LogP contribution is 2.18. The highest BCUT2D eigenvalue weighted by molar-refractivity contribution is 5.63. The van der Waals surface area contributed by atoms with E-state index >= 15 is 0 Å². The van der Waals surface area contributed by atoms with Crippen LogP contribution in [0.3, 0.4) is 0 Å². The summed E-state index contributed by atoms with van der Waals surface area (Å²) < 4.78 is 5.36. The fraction of sp³-hybridized carbons (Fsp3) is 0. The van der Waals surface area contributed by atoms with Crippen molar-refractivity contribution in [2.45, 2.75) is 0 Å². The van der Waals surface area contributed by atoms with Gasteiger partial charge in [0.15, 0.2) is 11.2 Å². The van der Waals surface area contributed by atoms with Crippen molar-refractivity contribution in [2.24, 2.45) is 0 Å². The van der Waals surface area contributed by atoms with Crippen LogP contribution in [-0.4, -0.2) is 20.6 Å². The third-order valence-electron chi connectivity index (χ3n) is 2.49. The first kappa shape index (κ1) is 10.4. The molecule has 0 fully saturated rings. The molecular weight excluding hydrogens is 232 g/mol. The Kier molecular flexibility index (Phi) is 2.45. The zero-order valence-electron chi connectivity index (χ0n) is 9.20. The Morgan fingerprint density at radius 3 is 2.67 bits per heavy atom. The zero-order valence-corrected chi connectivity index (χ0v) is 9.20. The Morgan fingerprint density at radius 1 is 1.17 bits per heavy atom. The summed E-state index contributed by atoms with van der Waals surface area (Å²) in [5.74, 6) is 0.636. The number of rotatable bonds is 2. The molecule has 0 aliphatic rings. The molecule has 0 radical (unpaired) electrons. The minimum absolute atomic E-state index is 0.140. The summed E-state index contributed by atoms with van der Waals surface area (Å²) in [6.45, 7) is 0. The lowest BCUT2D eigenvalue weighted by molar-refractivity contribution is 0.561. The third kappa shape index (κ3) is 1.80. The van der Waals surface area contributed by atoms with Crippen LogP contribution in [0.25, 0.3) is 22.7 Å². The Labute approximate surface area is 101 Å². The maximum atomic E-state index is 12.0. The molecule has 3 aromatic rings. The van der Waals surface area contributed by atoms with Gasteiger partial charge in [-0.2, -0.15) is 0 Å². The summed E-state index contributed by atoms with van der Waals surface area (Å²) in [7, 11) is 0. The smallest absolute Gasteiger partial charge is 0.215 e. The van der Waals surface area contributed by atoms with Gasteiger partial charge in [0.25, 0.3) is 0 Å². The predicted octanol–water partition coefficient (Wildman–Crippen LogP) is 1.49. The lowest BCUT2D eigenvalue weighted by atomic mass is 10.1. The first-order valence-electron chi connectivity index (χ1n) is 5.27. The quantitative estimate of drug-likeness (QED) is 0.733. The molecule has 0 saturated carbocycles. The molecule has 2 aromatic heterocycles.